The number of nitrogens with two attached hydrogens (primary N) is 1. The predicted octanol–water partition coefficient (Wildman–Crippen LogP) is 2.16. The fourth-order valence-electron chi connectivity index (χ4n) is 3.72. The molecule has 2 atom stereocenters. The quantitative estimate of drug-likeness (QED) is 0.910. The molecule has 1 saturated carbocycles. The highest BCUT2D eigenvalue weighted by Crippen LogP contribution is 2.26. The molecule has 0 bridgehead atoms. The van der Waals surface area contributed by atoms with Gasteiger partial charge in [-0.2, -0.15) is 0 Å². The van der Waals surface area contributed by atoms with Gasteiger partial charge in [-0.15, -0.1) is 0 Å². The second kappa shape index (κ2) is 6.69. The highest BCUT2D eigenvalue weighted by molar-refractivity contribution is 5.79. The zero-order valence-electron chi connectivity index (χ0n) is 13.5. The summed E-state index contributed by atoms with van der Waals surface area (Å²) < 4.78 is 0. The van der Waals surface area contributed by atoms with E-state index in [2.05, 4.69) is 41.0 Å². The molecule has 1 aromatic carbocycles. The van der Waals surface area contributed by atoms with Crippen molar-refractivity contribution in [3.8, 4) is 0 Å². The third kappa shape index (κ3) is 3.43. The highest BCUT2D eigenvalue weighted by Gasteiger charge is 2.30. The van der Waals surface area contributed by atoms with Gasteiger partial charge in [-0.05, 0) is 43.9 Å². The molecular weight excluding hydrogens is 274 g/mol. The minimum Gasteiger partial charge on any atom is -0.368 e. The van der Waals surface area contributed by atoms with Crippen molar-refractivity contribution in [2.45, 2.75) is 38.6 Å². The van der Waals surface area contributed by atoms with Crippen LogP contribution < -0.4 is 10.6 Å². The Hall–Kier alpha value is -1.55. The van der Waals surface area contributed by atoms with Gasteiger partial charge < -0.3 is 15.5 Å². The first-order chi connectivity index (χ1) is 10.6. The van der Waals surface area contributed by atoms with E-state index in [1.165, 1.54) is 11.3 Å². The zero-order chi connectivity index (χ0) is 15.5. The van der Waals surface area contributed by atoms with Crippen LogP contribution in [0, 0.1) is 12.8 Å². The van der Waals surface area contributed by atoms with Crippen LogP contribution in [0.25, 0.3) is 0 Å². The average Bonchev–Trinajstić information content (AvgIpc) is 2.54. The van der Waals surface area contributed by atoms with Crippen LogP contribution in [0.5, 0.6) is 0 Å². The Morgan fingerprint density at radius 2 is 1.95 bits per heavy atom. The van der Waals surface area contributed by atoms with Crippen LogP contribution in [-0.2, 0) is 4.79 Å². The molecule has 2 aliphatic rings. The molecule has 1 amide bonds. The molecule has 22 heavy (non-hydrogen) atoms. The Kier molecular flexibility index (Phi) is 4.67. The molecule has 3 rings (SSSR count). The number of amides is 1. The number of anilines is 1. The lowest BCUT2D eigenvalue weighted by Crippen LogP contribution is -2.51. The van der Waals surface area contributed by atoms with Crippen molar-refractivity contribution in [1.82, 2.24) is 4.90 Å². The lowest BCUT2D eigenvalue weighted by molar-refractivity contribution is -0.137. The van der Waals surface area contributed by atoms with E-state index < -0.39 is 0 Å². The number of carbonyl (C=O) groups is 1. The van der Waals surface area contributed by atoms with Gasteiger partial charge in [0, 0.05) is 43.8 Å². The van der Waals surface area contributed by atoms with Gasteiger partial charge in [0.1, 0.15) is 0 Å². The van der Waals surface area contributed by atoms with Gasteiger partial charge in [-0.1, -0.05) is 18.6 Å². The summed E-state index contributed by atoms with van der Waals surface area (Å²) in [5.74, 6) is 0.494. The molecule has 1 aliphatic heterocycles. The standard InChI is InChI=1S/C18H27N3O/c1-14-4-2-7-17(12-14)20-8-10-21(11-9-20)18(22)15-5-3-6-16(19)13-15/h2,4,7,12,15-16H,3,5-6,8-11,13,19H2,1H3. The van der Waals surface area contributed by atoms with E-state index in [0.29, 0.717) is 5.91 Å². The fraction of sp³-hybridized carbons (Fsp3) is 0.611. The largest absolute Gasteiger partial charge is 0.368 e. The molecule has 1 heterocycles. The molecule has 4 heteroatoms. The van der Waals surface area contributed by atoms with E-state index in [-0.39, 0.29) is 12.0 Å². The summed E-state index contributed by atoms with van der Waals surface area (Å²) in [4.78, 5) is 17.1. The molecule has 1 saturated heterocycles. The topological polar surface area (TPSA) is 49.6 Å². The smallest absolute Gasteiger partial charge is 0.225 e. The van der Waals surface area contributed by atoms with Crippen LogP contribution in [-0.4, -0.2) is 43.0 Å². The first-order valence-corrected chi connectivity index (χ1v) is 8.49. The predicted molar refractivity (Wildman–Crippen MR) is 89.9 cm³/mol. The summed E-state index contributed by atoms with van der Waals surface area (Å²) in [6.45, 7) is 5.63. The maximum atomic E-state index is 12.6. The molecule has 0 radical (unpaired) electrons. The summed E-state index contributed by atoms with van der Waals surface area (Å²) >= 11 is 0. The lowest BCUT2D eigenvalue weighted by atomic mass is 9.85. The Morgan fingerprint density at radius 1 is 1.18 bits per heavy atom. The van der Waals surface area contributed by atoms with Crippen molar-refractivity contribution < 1.29 is 4.79 Å². The van der Waals surface area contributed by atoms with E-state index in [1.54, 1.807) is 0 Å². The number of hydrogen-bond donors (Lipinski definition) is 1. The summed E-state index contributed by atoms with van der Waals surface area (Å²) in [7, 11) is 0. The molecule has 120 valence electrons. The van der Waals surface area contributed by atoms with Crippen molar-refractivity contribution in [3.63, 3.8) is 0 Å². The molecule has 2 N–H and O–H groups in total. The first kappa shape index (κ1) is 15.3. The van der Waals surface area contributed by atoms with Crippen molar-refractivity contribution in [2.75, 3.05) is 31.1 Å². The Labute approximate surface area is 133 Å². The van der Waals surface area contributed by atoms with E-state index in [1.807, 2.05) is 0 Å². The van der Waals surface area contributed by atoms with Gasteiger partial charge in [0.25, 0.3) is 0 Å². The van der Waals surface area contributed by atoms with E-state index in [0.717, 1.165) is 51.9 Å². The number of piperazine rings is 1. The minimum absolute atomic E-state index is 0.161. The van der Waals surface area contributed by atoms with Crippen LogP contribution in [0.1, 0.15) is 31.2 Å². The van der Waals surface area contributed by atoms with Crippen molar-refractivity contribution >= 4 is 11.6 Å². The van der Waals surface area contributed by atoms with Gasteiger partial charge in [-0.25, -0.2) is 0 Å². The number of carbonyl (C=O) groups excluding carboxylic acids is 1. The van der Waals surface area contributed by atoms with Crippen LogP contribution in [0.3, 0.4) is 0 Å². The minimum atomic E-state index is 0.161. The van der Waals surface area contributed by atoms with Crippen LogP contribution in [0.4, 0.5) is 5.69 Å². The first-order valence-electron chi connectivity index (χ1n) is 8.49. The Bertz CT molecular complexity index is 523. The van der Waals surface area contributed by atoms with Gasteiger partial charge in [0.15, 0.2) is 0 Å². The number of rotatable bonds is 2. The van der Waals surface area contributed by atoms with Crippen LogP contribution in [0.15, 0.2) is 24.3 Å². The maximum Gasteiger partial charge on any atom is 0.225 e. The molecule has 1 aromatic rings. The van der Waals surface area contributed by atoms with Gasteiger partial charge in [0.2, 0.25) is 5.91 Å². The van der Waals surface area contributed by atoms with E-state index in [4.69, 9.17) is 5.73 Å². The summed E-state index contributed by atoms with van der Waals surface area (Å²) in [5.41, 5.74) is 8.58. The fourth-order valence-corrected chi connectivity index (χ4v) is 3.72. The van der Waals surface area contributed by atoms with Gasteiger partial charge >= 0.3 is 0 Å². The molecule has 2 unspecified atom stereocenters. The van der Waals surface area contributed by atoms with Gasteiger partial charge in [-0.3, -0.25) is 4.79 Å². The van der Waals surface area contributed by atoms with Crippen LogP contribution >= 0.6 is 0 Å². The van der Waals surface area contributed by atoms with Crippen molar-refractivity contribution in [1.29, 1.82) is 0 Å². The number of hydrogen-bond acceptors (Lipinski definition) is 3. The third-order valence-corrected chi connectivity index (χ3v) is 5.02. The Balaban J connectivity index is 1.56. The second-order valence-electron chi connectivity index (χ2n) is 6.77. The monoisotopic (exact) mass is 301 g/mol. The molecule has 4 nitrogen and oxygen atoms in total. The summed E-state index contributed by atoms with van der Waals surface area (Å²) in [6.07, 6.45) is 4.06. The molecule has 2 fully saturated rings. The molecule has 0 spiro atoms. The average molecular weight is 301 g/mol. The lowest BCUT2D eigenvalue weighted by Gasteiger charge is -2.38. The number of aryl methyl sites for hydroxylation is 1. The van der Waals surface area contributed by atoms with Crippen molar-refractivity contribution in [3.05, 3.63) is 29.8 Å². The second-order valence-corrected chi connectivity index (χ2v) is 6.77. The molecule has 0 aromatic heterocycles. The van der Waals surface area contributed by atoms with E-state index >= 15 is 0 Å². The maximum absolute atomic E-state index is 12.6. The Morgan fingerprint density at radius 3 is 2.64 bits per heavy atom. The highest BCUT2D eigenvalue weighted by atomic mass is 16.2. The molecule has 1 aliphatic carbocycles. The van der Waals surface area contributed by atoms with Crippen molar-refractivity contribution in [2.24, 2.45) is 11.7 Å². The summed E-state index contributed by atoms with van der Waals surface area (Å²) in [5, 5.41) is 0. The molecular formula is C18H27N3O. The number of nitrogens with zero attached hydrogens (tertiary/aromatic N) is 2. The number of benzene rings is 1. The summed E-state index contributed by atoms with van der Waals surface area (Å²) in [6, 6.07) is 8.82. The van der Waals surface area contributed by atoms with Gasteiger partial charge in [0.05, 0.1) is 0 Å². The normalized spacial score (nSPS) is 26.1. The SMILES string of the molecule is Cc1cccc(N2CCN(C(=O)C3CCCC(N)C3)CC2)c1. The van der Waals surface area contributed by atoms with Crippen LogP contribution in [0.2, 0.25) is 0 Å². The third-order valence-electron chi connectivity index (χ3n) is 5.02. The zero-order valence-corrected chi connectivity index (χ0v) is 13.5. The van der Waals surface area contributed by atoms with E-state index in [9.17, 15) is 4.79 Å².